The molecule has 0 spiro atoms. The number of nitrogen functional groups attached to an aromatic ring is 1. The Labute approximate surface area is 119 Å². The van der Waals surface area contributed by atoms with Crippen LogP contribution in [0.25, 0.3) is 0 Å². The van der Waals surface area contributed by atoms with Crippen LogP contribution in [0.2, 0.25) is 0 Å². The van der Waals surface area contributed by atoms with Gasteiger partial charge in [-0.2, -0.15) is 4.98 Å². The number of anilines is 1. The van der Waals surface area contributed by atoms with Gasteiger partial charge in [-0.3, -0.25) is 4.57 Å². The number of ether oxygens (including phenoxy) is 2. The zero-order valence-electron chi connectivity index (χ0n) is 10.9. The van der Waals surface area contributed by atoms with Gasteiger partial charge in [-0.05, 0) is 12.3 Å². The Morgan fingerprint density at radius 2 is 2.40 bits per heavy atom. The molecule has 0 saturated carbocycles. The van der Waals surface area contributed by atoms with Crippen LogP contribution in [0.5, 0.6) is 0 Å². The molecule has 1 aromatic heterocycles. The Hall–Kier alpha value is -1.13. The molecule has 9 heteroatoms. The molecule has 2 heterocycles. The first-order chi connectivity index (χ1) is 9.58. The van der Waals surface area contributed by atoms with Gasteiger partial charge >= 0.3 is 5.69 Å². The van der Waals surface area contributed by atoms with Crippen LogP contribution in [-0.4, -0.2) is 56.9 Å². The van der Waals surface area contributed by atoms with E-state index in [1.807, 2.05) is 6.26 Å². The lowest BCUT2D eigenvalue weighted by Crippen LogP contribution is -2.38. The Kier molecular flexibility index (Phi) is 5.00. The maximum Gasteiger partial charge on any atom is 0.351 e. The van der Waals surface area contributed by atoms with Crippen molar-refractivity contribution >= 4 is 17.6 Å². The quantitative estimate of drug-likeness (QED) is 0.579. The molecule has 1 fully saturated rings. The van der Waals surface area contributed by atoms with Gasteiger partial charge in [0.1, 0.15) is 24.1 Å². The van der Waals surface area contributed by atoms with Crippen LogP contribution in [0, 0.1) is 0 Å². The van der Waals surface area contributed by atoms with E-state index in [4.69, 9.17) is 15.2 Å². The van der Waals surface area contributed by atoms with Crippen LogP contribution < -0.4 is 11.4 Å². The standard InChI is InChI=1S/C11H17N3O5S/c1-20-5-18-9-8(16)6(4-15)19-10(9)14-3-2-7(12)13-11(14)17/h2-3,6,8-10,15-16H,4-5H2,1H3,(H2,12,13,17)/t6-,8-,9-,10-/m1/s1. The van der Waals surface area contributed by atoms with Crippen molar-refractivity contribution in [2.24, 2.45) is 0 Å². The number of rotatable bonds is 5. The number of thioether (sulfide) groups is 1. The molecule has 8 nitrogen and oxygen atoms in total. The molecule has 0 radical (unpaired) electrons. The number of nitrogens with two attached hydrogens (primary N) is 1. The highest BCUT2D eigenvalue weighted by atomic mass is 32.2. The average molecular weight is 303 g/mol. The number of hydrogen-bond acceptors (Lipinski definition) is 8. The third kappa shape index (κ3) is 2.96. The lowest BCUT2D eigenvalue weighted by atomic mass is 10.1. The van der Waals surface area contributed by atoms with Gasteiger partial charge in [0.15, 0.2) is 6.23 Å². The van der Waals surface area contributed by atoms with E-state index in [9.17, 15) is 15.0 Å². The summed E-state index contributed by atoms with van der Waals surface area (Å²) in [6.07, 6.45) is -0.176. The molecule has 20 heavy (non-hydrogen) atoms. The lowest BCUT2D eigenvalue weighted by Gasteiger charge is -2.21. The highest BCUT2D eigenvalue weighted by molar-refractivity contribution is 7.98. The number of aliphatic hydroxyl groups is 2. The molecule has 4 N–H and O–H groups in total. The van der Waals surface area contributed by atoms with Crippen molar-refractivity contribution in [3.05, 3.63) is 22.7 Å². The minimum Gasteiger partial charge on any atom is -0.394 e. The van der Waals surface area contributed by atoms with Gasteiger partial charge in [0, 0.05) is 6.20 Å². The number of aliphatic hydroxyl groups excluding tert-OH is 2. The number of aromatic nitrogens is 2. The van der Waals surface area contributed by atoms with E-state index < -0.39 is 30.2 Å². The topological polar surface area (TPSA) is 120 Å². The third-order valence-electron chi connectivity index (χ3n) is 3.00. The van der Waals surface area contributed by atoms with Gasteiger partial charge in [-0.15, -0.1) is 11.8 Å². The van der Waals surface area contributed by atoms with Crippen LogP contribution in [0.15, 0.2) is 17.1 Å². The van der Waals surface area contributed by atoms with E-state index in [1.165, 1.54) is 28.6 Å². The van der Waals surface area contributed by atoms with E-state index >= 15 is 0 Å². The molecule has 0 bridgehead atoms. The second-order valence-electron chi connectivity index (χ2n) is 4.32. The van der Waals surface area contributed by atoms with Crippen LogP contribution >= 0.6 is 11.8 Å². The summed E-state index contributed by atoms with van der Waals surface area (Å²) < 4.78 is 12.2. The predicted octanol–water partition coefficient (Wildman–Crippen LogP) is -1.22. The van der Waals surface area contributed by atoms with E-state index in [1.54, 1.807) is 0 Å². The molecule has 0 aliphatic carbocycles. The van der Waals surface area contributed by atoms with Gasteiger partial charge in [-0.1, -0.05) is 0 Å². The van der Waals surface area contributed by atoms with E-state index in [-0.39, 0.29) is 12.4 Å². The minimum absolute atomic E-state index is 0.102. The Morgan fingerprint density at radius 3 is 3.00 bits per heavy atom. The molecular weight excluding hydrogens is 286 g/mol. The number of nitrogens with zero attached hydrogens (tertiary/aromatic N) is 2. The van der Waals surface area contributed by atoms with Crippen LogP contribution in [0.4, 0.5) is 5.82 Å². The second-order valence-corrected chi connectivity index (χ2v) is 5.13. The smallest absolute Gasteiger partial charge is 0.351 e. The zero-order valence-corrected chi connectivity index (χ0v) is 11.7. The first-order valence-electron chi connectivity index (χ1n) is 5.98. The SMILES string of the molecule is CSCO[C@@H]1[C@H](O)[C@@H](CO)O[C@H]1n1ccc(N)nc1=O. The summed E-state index contributed by atoms with van der Waals surface area (Å²) in [4.78, 5) is 15.4. The lowest BCUT2D eigenvalue weighted by molar-refractivity contribution is -0.0648. The van der Waals surface area contributed by atoms with E-state index in [0.29, 0.717) is 5.94 Å². The summed E-state index contributed by atoms with van der Waals surface area (Å²) in [5, 5.41) is 19.3. The molecular formula is C11H17N3O5S. The van der Waals surface area contributed by atoms with Crippen molar-refractivity contribution < 1.29 is 19.7 Å². The molecule has 0 amide bonds. The molecule has 4 atom stereocenters. The molecule has 0 aromatic carbocycles. The minimum atomic E-state index is -1.03. The van der Waals surface area contributed by atoms with Crippen molar-refractivity contribution in [2.45, 2.75) is 24.5 Å². The molecule has 1 aromatic rings. The molecule has 1 saturated heterocycles. The Morgan fingerprint density at radius 1 is 1.65 bits per heavy atom. The molecule has 2 rings (SSSR count). The predicted molar refractivity (Wildman–Crippen MR) is 73.2 cm³/mol. The van der Waals surface area contributed by atoms with Gasteiger partial charge in [-0.25, -0.2) is 4.79 Å². The van der Waals surface area contributed by atoms with Crippen LogP contribution in [0.3, 0.4) is 0 Å². The Balaban J connectivity index is 2.29. The summed E-state index contributed by atoms with van der Waals surface area (Å²) in [5.41, 5.74) is 4.83. The van der Waals surface area contributed by atoms with Crippen molar-refractivity contribution in [3.63, 3.8) is 0 Å². The molecule has 112 valence electrons. The van der Waals surface area contributed by atoms with Gasteiger partial charge in [0.25, 0.3) is 0 Å². The first-order valence-corrected chi connectivity index (χ1v) is 7.37. The van der Waals surface area contributed by atoms with Gasteiger partial charge < -0.3 is 25.4 Å². The van der Waals surface area contributed by atoms with Crippen molar-refractivity contribution in [3.8, 4) is 0 Å². The van der Waals surface area contributed by atoms with Crippen LogP contribution in [-0.2, 0) is 9.47 Å². The van der Waals surface area contributed by atoms with Gasteiger partial charge in [0.2, 0.25) is 0 Å². The van der Waals surface area contributed by atoms with Crippen molar-refractivity contribution in [1.82, 2.24) is 9.55 Å². The fraction of sp³-hybridized carbons (Fsp3) is 0.636. The highest BCUT2D eigenvalue weighted by Gasteiger charge is 2.45. The summed E-state index contributed by atoms with van der Waals surface area (Å²) in [7, 11) is 0. The second kappa shape index (κ2) is 6.55. The van der Waals surface area contributed by atoms with E-state index in [2.05, 4.69) is 4.98 Å². The molecule has 1 aliphatic rings. The summed E-state index contributed by atoms with van der Waals surface area (Å²) in [6, 6.07) is 1.45. The molecule has 0 unspecified atom stereocenters. The van der Waals surface area contributed by atoms with Crippen molar-refractivity contribution in [1.29, 1.82) is 0 Å². The largest absolute Gasteiger partial charge is 0.394 e. The van der Waals surface area contributed by atoms with E-state index in [0.717, 1.165) is 0 Å². The monoisotopic (exact) mass is 303 g/mol. The average Bonchev–Trinajstić information content (AvgIpc) is 2.73. The maximum absolute atomic E-state index is 11.8. The zero-order chi connectivity index (χ0) is 14.7. The normalized spacial score (nSPS) is 29.8. The fourth-order valence-corrected chi connectivity index (χ4v) is 2.33. The summed E-state index contributed by atoms with van der Waals surface area (Å²) in [5.74, 6) is 0.432. The third-order valence-corrected chi connectivity index (χ3v) is 3.37. The highest BCUT2D eigenvalue weighted by Crippen LogP contribution is 2.31. The van der Waals surface area contributed by atoms with Gasteiger partial charge in [0.05, 0.1) is 12.5 Å². The van der Waals surface area contributed by atoms with Crippen LogP contribution in [0.1, 0.15) is 6.23 Å². The fourth-order valence-electron chi connectivity index (χ4n) is 2.04. The first kappa shape index (κ1) is 15.3. The Bertz CT molecular complexity index is 511. The maximum atomic E-state index is 11.8. The summed E-state index contributed by atoms with van der Waals surface area (Å²) in [6.45, 7) is -0.367. The molecule has 1 aliphatic heterocycles. The summed E-state index contributed by atoms with van der Waals surface area (Å²) >= 11 is 1.43. The number of hydrogen-bond donors (Lipinski definition) is 3. The van der Waals surface area contributed by atoms with Crippen molar-refractivity contribution in [2.75, 3.05) is 24.5 Å².